The van der Waals surface area contributed by atoms with E-state index in [2.05, 4.69) is 50.3 Å². The molecule has 1 aromatic rings. The van der Waals surface area contributed by atoms with Gasteiger partial charge in [0.25, 0.3) is 0 Å². The SMILES string of the molecule is CCCCCC=Cc1ccccc1CCCCC. The van der Waals surface area contributed by atoms with Gasteiger partial charge in [-0.05, 0) is 36.8 Å². The summed E-state index contributed by atoms with van der Waals surface area (Å²) in [6.45, 7) is 4.52. The fourth-order valence-electron chi connectivity index (χ4n) is 2.21. The molecule has 0 nitrogen and oxygen atoms in total. The lowest BCUT2D eigenvalue weighted by atomic mass is 10.0. The van der Waals surface area contributed by atoms with Gasteiger partial charge in [-0.25, -0.2) is 0 Å². The molecule has 0 aliphatic heterocycles. The summed E-state index contributed by atoms with van der Waals surface area (Å²) in [4.78, 5) is 0. The minimum absolute atomic E-state index is 1.22. The second-order valence-corrected chi connectivity index (χ2v) is 5.05. The Bertz CT molecular complexity index is 336. The van der Waals surface area contributed by atoms with Crippen LogP contribution in [0.1, 0.15) is 69.9 Å². The normalized spacial score (nSPS) is 11.2. The van der Waals surface area contributed by atoms with Crippen LogP contribution >= 0.6 is 0 Å². The van der Waals surface area contributed by atoms with Crippen LogP contribution in [-0.2, 0) is 6.42 Å². The van der Waals surface area contributed by atoms with Crippen LogP contribution in [0.25, 0.3) is 6.08 Å². The van der Waals surface area contributed by atoms with Crippen molar-refractivity contribution in [3.63, 3.8) is 0 Å². The van der Waals surface area contributed by atoms with Crippen molar-refractivity contribution in [3.8, 4) is 0 Å². The van der Waals surface area contributed by atoms with Gasteiger partial charge in [-0.3, -0.25) is 0 Å². The standard InChI is InChI=1S/C18H28/c1-3-5-7-8-10-14-18-16-12-11-15-17(18)13-9-6-4-2/h10-12,14-16H,3-9,13H2,1-2H3. The maximum Gasteiger partial charge on any atom is -0.0228 e. The second-order valence-electron chi connectivity index (χ2n) is 5.05. The summed E-state index contributed by atoms with van der Waals surface area (Å²) in [5.41, 5.74) is 2.93. The molecule has 0 saturated carbocycles. The Morgan fingerprint density at radius 2 is 1.61 bits per heavy atom. The molecular formula is C18H28. The van der Waals surface area contributed by atoms with Gasteiger partial charge in [-0.2, -0.15) is 0 Å². The van der Waals surface area contributed by atoms with Crippen LogP contribution in [0.15, 0.2) is 30.3 Å². The molecule has 0 amide bonds. The van der Waals surface area contributed by atoms with Crippen molar-refractivity contribution in [1.82, 2.24) is 0 Å². The molecular weight excluding hydrogens is 216 g/mol. The van der Waals surface area contributed by atoms with E-state index in [1.165, 1.54) is 62.5 Å². The number of allylic oxidation sites excluding steroid dienone is 1. The molecule has 0 spiro atoms. The fraction of sp³-hybridized carbons (Fsp3) is 0.556. The average Bonchev–Trinajstić information content (AvgIpc) is 2.40. The molecule has 0 aromatic heterocycles. The predicted molar refractivity (Wildman–Crippen MR) is 82.8 cm³/mol. The summed E-state index contributed by atoms with van der Waals surface area (Å²) in [7, 11) is 0. The Kier molecular flexibility index (Phi) is 8.29. The molecule has 0 aliphatic rings. The van der Waals surface area contributed by atoms with E-state index in [9.17, 15) is 0 Å². The van der Waals surface area contributed by atoms with Gasteiger partial charge in [0.15, 0.2) is 0 Å². The average molecular weight is 244 g/mol. The van der Waals surface area contributed by atoms with Crippen LogP contribution in [0.4, 0.5) is 0 Å². The van der Waals surface area contributed by atoms with Crippen molar-refractivity contribution in [2.75, 3.05) is 0 Å². The highest BCUT2D eigenvalue weighted by atomic mass is 14.0. The number of aryl methyl sites for hydroxylation is 1. The van der Waals surface area contributed by atoms with Crippen molar-refractivity contribution in [2.45, 2.75) is 65.2 Å². The molecule has 0 heterocycles. The molecule has 100 valence electrons. The third kappa shape index (κ3) is 6.05. The first kappa shape index (κ1) is 15.0. The van der Waals surface area contributed by atoms with Gasteiger partial charge in [0.05, 0.1) is 0 Å². The first-order valence-electron chi connectivity index (χ1n) is 7.63. The molecule has 0 saturated heterocycles. The Balaban J connectivity index is 2.47. The Hall–Kier alpha value is -1.04. The highest BCUT2D eigenvalue weighted by molar-refractivity contribution is 5.53. The molecule has 0 unspecified atom stereocenters. The summed E-state index contributed by atoms with van der Waals surface area (Å²) >= 11 is 0. The largest absolute Gasteiger partial charge is 0.0839 e. The van der Waals surface area contributed by atoms with E-state index in [0.29, 0.717) is 0 Å². The number of hydrogen-bond donors (Lipinski definition) is 0. The molecule has 0 fully saturated rings. The van der Waals surface area contributed by atoms with E-state index in [1.54, 1.807) is 0 Å². The molecule has 18 heavy (non-hydrogen) atoms. The van der Waals surface area contributed by atoms with Gasteiger partial charge < -0.3 is 0 Å². The van der Waals surface area contributed by atoms with Gasteiger partial charge in [0.2, 0.25) is 0 Å². The van der Waals surface area contributed by atoms with Gasteiger partial charge >= 0.3 is 0 Å². The maximum absolute atomic E-state index is 2.34. The molecule has 0 aliphatic carbocycles. The highest BCUT2D eigenvalue weighted by Gasteiger charge is 1.97. The van der Waals surface area contributed by atoms with Crippen LogP contribution in [-0.4, -0.2) is 0 Å². The number of rotatable bonds is 9. The van der Waals surface area contributed by atoms with E-state index < -0.39 is 0 Å². The van der Waals surface area contributed by atoms with Crippen molar-refractivity contribution >= 4 is 6.08 Å². The van der Waals surface area contributed by atoms with Crippen LogP contribution in [0.5, 0.6) is 0 Å². The second kappa shape index (κ2) is 9.94. The number of hydrogen-bond acceptors (Lipinski definition) is 0. The third-order valence-corrected chi connectivity index (χ3v) is 3.38. The Labute approximate surface area is 113 Å². The topological polar surface area (TPSA) is 0 Å². The lowest BCUT2D eigenvalue weighted by Gasteiger charge is -2.05. The monoisotopic (exact) mass is 244 g/mol. The van der Waals surface area contributed by atoms with E-state index >= 15 is 0 Å². The van der Waals surface area contributed by atoms with E-state index in [0.717, 1.165) is 0 Å². The van der Waals surface area contributed by atoms with Crippen LogP contribution < -0.4 is 0 Å². The maximum atomic E-state index is 2.34. The van der Waals surface area contributed by atoms with E-state index in [1.807, 2.05) is 0 Å². The summed E-state index contributed by atoms with van der Waals surface area (Å²) in [6, 6.07) is 8.84. The molecule has 0 heteroatoms. The first-order valence-corrected chi connectivity index (χ1v) is 7.63. The minimum Gasteiger partial charge on any atom is -0.0839 e. The molecule has 0 atom stereocenters. The lowest BCUT2D eigenvalue weighted by molar-refractivity contribution is 0.716. The third-order valence-electron chi connectivity index (χ3n) is 3.38. The zero-order valence-electron chi connectivity index (χ0n) is 12.1. The summed E-state index contributed by atoms with van der Waals surface area (Å²) in [5.74, 6) is 0. The van der Waals surface area contributed by atoms with Crippen molar-refractivity contribution in [3.05, 3.63) is 41.5 Å². The zero-order valence-corrected chi connectivity index (χ0v) is 12.1. The van der Waals surface area contributed by atoms with Crippen molar-refractivity contribution in [1.29, 1.82) is 0 Å². The summed E-state index contributed by atoms with van der Waals surface area (Å²) < 4.78 is 0. The van der Waals surface area contributed by atoms with Gasteiger partial charge in [-0.15, -0.1) is 0 Å². The lowest BCUT2D eigenvalue weighted by Crippen LogP contribution is -1.89. The van der Waals surface area contributed by atoms with Crippen LogP contribution in [0.3, 0.4) is 0 Å². The summed E-state index contributed by atoms with van der Waals surface area (Å²) in [6.07, 6.45) is 15.0. The molecule has 1 aromatic carbocycles. The molecule has 0 bridgehead atoms. The van der Waals surface area contributed by atoms with Gasteiger partial charge in [0.1, 0.15) is 0 Å². The quantitative estimate of drug-likeness (QED) is 0.466. The van der Waals surface area contributed by atoms with Crippen LogP contribution in [0.2, 0.25) is 0 Å². The summed E-state index contributed by atoms with van der Waals surface area (Å²) in [5, 5.41) is 0. The molecule has 0 N–H and O–H groups in total. The fourth-order valence-corrected chi connectivity index (χ4v) is 2.21. The Morgan fingerprint density at radius 1 is 0.889 bits per heavy atom. The Morgan fingerprint density at radius 3 is 2.39 bits per heavy atom. The number of unbranched alkanes of at least 4 members (excludes halogenated alkanes) is 5. The van der Waals surface area contributed by atoms with Gasteiger partial charge in [0, 0.05) is 0 Å². The van der Waals surface area contributed by atoms with Crippen LogP contribution in [0, 0.1) is 0 Å². The van der Waals surface area contributed by atoms with E-state index in [4.69, 9.17) is 0 Å². The first-order chi connectivity index (χ1) is 8.88. The molecule has 0 radical (unpaired) electrons. The highest BCUT2D eigenvalue weighted by Crippen LogP contribution is 2.15. The smallest absolute Gasteiger partial charge is 0.0228 e. The van der Waals surface area contributed by atoms with Gasteiger partial charge in [-0.1, -0.05) is 75.9 Å². The van der Waals surface area contributed by atoms with Crippen molar-refractivity contribution in [2.24, 2.45) is 0 Å². The number of benzene rings is 1. The predicted octanol–water partition coefficient (Wildman–Crippen LogP) is 6.01. The zero-order chi connectivity index (χ0) is 13.1. The van der Waals surface area contributed by atoms with E-state index in [-0.39, 0.29) is 0 Å². The molecule has 1 rings (SSSR count). The van der Waals surface area contributed by atoms with Crippen molar-refractivity contribution < 1.29 is 0 Å². The minimum atomic E-state index is 1.22.